The Morgan fingerprint density at radius 3 is 2.56 bits per heavy atom. The van der Waals surface area contributed by atoms with Gasteiger partial charge in [0.05, 0.1) is 5.69 Å². The normalized spacial score (nSPS) is 13.5. The monoisotopic (exact) mass is 358 g/mol. The molecule has 0 aliphatic carbocycles. The highest BCUT2D eigenvalue weighted by molar-refractivity contribution is 5.81. The van der Waals surface area contributed by atoms with Crippen molar-refractivity contribution in [2.75, 3.05) is 0 Å². The van der Waals surface area contributed by atoms with E-state index in [4.69, 9.17) is 7.16 Å². The number of rotatable bonds is 3. The van der Waals surface area contributed by atoms with Gasteiger partial charge in [-0.2, -0.15) is 0 Å². The van der Waals surface area contributed by atoms with Gasteiger partial charge in [-0.3, -0.25) is 4.98 Å². The lowest BCUT2D eigenvalue weighted by Crippen LogP contribution is -2.09. The van der Waals surface area contributed by atoms with Crippen LogP contribution in [0.2, 0.25) is 0 Å². The summed E-state index contributed by atoms with van der Waals surface area (Å²) in [6.07, 6.45) is 0.224. The lowest BCUT2D eigenvalue weighted by atomic mass is 9.88. The molecular weight excluding hydrogens is 332 g/mol. The third-order valence-corrected chi connectivity index (χ3v) is 4.27. The molecule has 3 nitrogen and oxygen atoms in total. The van der Waals surface area contributed by atoms with E-state index in [2.05, 4.69) is 16.0 Å². The van der Waals surface area contributed by atoms with Gasteiger partial charge in [-0.15, -0.1) is 0 Å². The van der Waals surface area contributed by atoms with Crippen molar-refractivity contribution in [2.24, 2.45) is 5.41 Å². The molecule has 0 unspecified atom stereocenters. The SMILES string of the molecule is [2H]C([2H])(c1ccnc(-c2cccc(-c3ccc4nc(C)oc4c3)c2)c1)C(C)(C)C. The van der Waals surface area contributed by atoms with E-state index in [9.17, 15) is 0 Å². The van der Waals surface area contributed by atoms with Crippen LogP contribution >= 0.6 is 0 Å². The molecule has 0 aliphatic rings. The second-order valence-corrected chi connectivity index (χ2v) is 7.80. The maximum atomic E-state index is 8.56. The van der Waals surface area contributed by atoms with Gasteiger partial charge in [0.25, 0.3) is 0 Å². The van der Waals surface area contributed by atoms with Crippen LogP contribution in [0.4, 0.5) is 0 Å². The molecule has 27 heavy (non-hydrogen) atoms. The lowest BCUT2D eigenvalue weighted by Gasteiger charge is -2.18. The predicted molar refractivity (Wildman–Crippen MR) is 111 cm³/mol. The zero-order chi connectivity index (χ0) is 20.8. The van der Waals surface area contributed by atoms with E-state index in [1.807, 2.05) is 70.2 Å². The minimum Gasteiger partial charge on any atom is -0.441 e. The average Bonchev–Trinajstić information content (AvgIpc) is 3.06. The molecule has 2 aromatic heterocycles. The summed E-state index contributed by atoms with van der Waals surface area (Å²) in [5, 5.41) is 0. The molecule has 0 N–H and O–H groups in total. The number of nitrogens with zero attached hydrogens (tertiary/aromatic N) is 2. The Balaban J connectivity index is 1.75. The molecule has 136 valence electrons. The zero-order valence-electron chi connectivity index (χ0n) is 18.1. The van der Waals surface area contributed by atoms with E-state index in [1.54, 1.807) is 12.3 Å². The molecule has 2 aromatic carbocycles. The van der Waals surface area contributed by atoms with Crippen molar-refractivity contribution in [1.82, 2.24) is 9.97 Å². The van der Waals surface area contributed by atoms with Crippen molar-refractivity contribution < 1.29 is 7.16 Å². The van der Waals surface area contributed by atoms with Gasteiger partial charge in [0, 0.05) is 21.4 Å². The largest absolute Gasteiger partial charge is 0.441 e. The number of aryl methyl sites for hydroxylation is 1. The minimum atomic E-state index is -1.46. The first kappa shape index (κ1) is 15.2. The van der Waals surface area contributed by atoms with Crippen LogP contribution < -0.4 is 0 Å². The molecule has 0 amide bonds. The van der Waals surface area contributed by atoms with Gasteiger partial charge in [0.15, 0.2) is 11.5 Å². The summed E-state index contributed by atoms with van der Waals surface area (Å²) in [7, 11) is 0. The first-order valence-electron chi connectivity index (χ1n) is 10.1. The fraction of sp³-hybridized carbons (Fsp3) is 0.250. The van der Waals surface area contributed by atoms with Crippen molar-refractivity contribution in [1.29, 1.82) is 0 Å². The fourth-order valence-electron chi connectivity index (χ4n) is 3.18. The first-order chi connectivity index (χ1) is 13.6. The predicted octanol–water partition coefficient (Wildman–Crippen LogP) is 6.45. The van der Waals surface area contributed by atoms with Crippen molar-refractivity contribution in [3.8, 4) is 22.4 Å². The second kappa shape index (κ2) is 6.66. The molecule has 0 fully saturated rings. The van der Waals surface area contributed by atoms with Crippen molar-refractivity contribution in [3.05, 3.63) is 72.2 Å². The van der Waals surface area contributed by atoms with Crippen LogP contribution in [0, 0.1) is 12.3 Å². The number of hydrogen-bond donors (Lipinski definition) is 0. The van der Waals surface area contributed by atoms with Gasteiger partial charge >= 0.3 is 0 Å². The highest BCUT2D eigenvalue weighted by atomic mass is 16.3. The minimum absolute atomic E-state index is 0.516. The van der Waals surface area contributed by atoms with Crippen LogP contribution in [-0.2, 0) is 6.37 Å². The lowest BCUT2D eigenvalue weighted by molar-refractivity contribution is 0.411. The molecule has 3 heteroatoms. The molecule has 0 bridgehead atoms. The topological polar surface area (TPSA) is 38.9 Å². The number of pyridine rings is 1. The highest BCUT2D eigenvalue weighted by Crippen LogP contribution is 2.29. The summed E-state index contributed by atoms with van der Waals surface area (Å²) in [6, 6.07) is 17.7. The summed E-state index contributed by atoms with van der Waals surface area (Å²) in [5.41, 5.74) is 5.53. The van der Waals surface area contributed by atoms with Gasteiger partial charge in [-0.25, -0.2) is 4.98 Å². The van der Waals surface area contributed by atoms with E-state index in [-0.39, 0.29) is 0 Å². The molecule has 0 saturated carbocycles. The molecule has 2 heterocycles. The summed E-state index contributed by atoms with van der Waals surface area (Å²) in [5.74, 6) is 0.653. The maximum absolute atomic E-state index is 8.56. The Bertz CT molecular complexity index is 1190. The van der Waals surface area contributed by atoms with Crippen LogP contribution in [0.25, 0.3) is 33.5 Å². The van der Waals surface area contributed by atoms with Crippen LogP contribution in [0.1, 0.15) is 35.0 Å². The van der Waals surface area contributed by atoms with E-state index in [0.717, 1.165) is 33.5 Å². The molecule has 0 saturated heterocycles. The summed E-state index contributed by atoms with van der Waals surface area (Å²) < 4.78 is 22.8. The molecule has 0 aliphatic heterocycles. The van der Waals surface area contributed by atoms with Crippen molar-refractivity contribution in [3.63, 3.8) is 0 Å². The van der Waals surface area contributed by atoms with Crippen LogP contribution in [0.15, 0.2) is 65.2 Å². The van der Waals surface area contributed by atoms with Gasteiger partial charge in [0.2, 0.25) is 0 Å². The Kier molecular flexibility index (Phi) is 3.74. The molecule has 4 aromatic rings. The quantitative estimate of drug-likeness (QED) is 0.422. The van der Waals surface area contributed by atoms with Crippen LogP contribution in [0.3, 0.4) is 0 Å². The molecule has 0 spiro atoms. The van der Waals surface area contributed by atoms with Crippen LogP contribution in [0.5, 0.6) is 0 Å². The van der Waals surface area contributed by atoms with Crippen molar-refractivity contribution >= 4 is 11.1 Å². The van der Waals surface area contributed by atoms with E-state index >= 15 is 0 Å². The van der Waals surface area contributed by atoms with Gasteiger partial charge in [-0.05, 0) is 58.8 Å². The maximum Gasteiger partial charge on any atom is 0.192 e. The number of oxazole rings is 1. The third-order valence-electron chi connectivity index (χ3n) is 4.27. The Hall–Kier alpha value is -2.94. The average molecular weight is 358 g/mol. The summed E-state index contributed by atoms with van der Waals surface area (Å²) in [4.78, 5) is 8.85. The number of aromatic nitrogens is 2. The number of benzene rings is 2. The summed E-state index contributed by atoms with van der Waals surface area (Å²) >= 11 is 0. The van der Waals surface area contributed by atoms with Gasteiger partial charge in [0.1, 0.15) is 5.52 Å². The van der Waals surface area contributed by atoms with E-state index < -0.39 is 11.8 Å². The molecular formula is C24H24N2O. The molecule has 0 atom stereocenters. The highest BCUT2D eigenvalue weighted by Gasteiger charge is 2.12. The van der Waals surface area contributed by atoms with Gasteiger partial charge < -0.3 is 4.42 Å². The zero-order valence-corrected chi connectivity index (χ0v) is 16.1. The Morgan fingerprint density at radius 1 is 0.963 bits per heavy atom. The smallest absolute Gasteiger partial charge is 0.192 e. The Labute approximate surface area is 162 Å². The van der Waals surface area contributed by atoms with Gasteiger partial charge in [-0.1, -0.05) is 45.0 Å². The summed E-state index contributed by atoms with van der Waals surface area (Å²) in [6.45, 7) is 7.58. The third kappa shape index (κ3) is 3.92. The number of fused-ring (bicyclic) bond motifs is 1. The van der Waals surface area contributed by atoms with E-state index in [0.29, 0.717) is 11.5 Å². The van der Waals surface area contributed by atoms with Crippen molar-refractivity contribution in [2.45, 2.75) is 34.1 Å². The molecule has 0 radical (unpaired) electrons. The standard InChI is InChI=1S/C24H24N2O/c1-16-26-21-9-8-19(14-23(21)27-16)18-6-5-7-20(13-18)22-12-17(10-11-25-22)15-24(2,3)4/h5-14H,15H2,1-4H3/i15D2. The Morgan fingerprint density at radius 2 is 1.74 bits per heavy atom. The van der Waals surface area contributed by atoms with Crippen LogP contribution in [-0.4, -0.2) is 9.97 Å². The molecule has 4 rings (SSSR count). The van der Waals surface area contributed by atoms with E-state index in [1.165, 1.54) is 0 Å². The fourth-order valence-corrected chi connectivity index (χ4v) is 3.18. The second-order valence-electron chi connectivity index (χ2n) is 7.80. The first-order valence-corrected chi connectivity index (χ1v) is 9.10. The number of hydrogen-bond acceptors (Lipinski definition) is 3.